The summed E-state index contributed by atoms with van der Waals surface area (Å²) in [5, 5.41) is 0. The molecule has 0 amide bonds. The van der Waals surface area contributed by atoms with Crippen molar-refractivity contribution in [2.24, 2.45) is 0 Å². The van der Waals surface area contributed by atoms with Crippen molar-refractivity contribution in [3.63, 3.8) is 0 Å². The topological polar surface area (TPSA) is 0 Å². The number of hydrogen-bond donors (Lipinski definition) is 0. The van der Waals surface area contributed by atoms with Crippen LogP contribution in [0.25, 0.3) is 0 Å². The van der Waals surface area contributed by atoms with Crippen molar-refractivity contribution in [2.75, 3.05) is 0 Å². The van der Waals surface area contributed by atoms with Gasteiger partial charge >= 0.3 is 0 Å². The van der Waals surface area contributed by atoms with Crippen molar-refractivity contribution < 1.29 is 0 Å². The van der Waals surface area contributed by atoms with E-state index in [1.165, 1.54) is 51.4 Å². The summed E-state index contributed by atoms with van der Waals surface area (Å²) in [7, 11) is 0. The van der Waals surface area contributed by atoms with Crippen molar-refractivity contribution >= 4 is 0 Å². The molecule has 0 saturated heterocycles. The molecule has 1 saturated carbocycles. The first-order chi connectivity index (χ1) is 8.72. The Morgan fingerprint density at radius 2 is 1.61 bits per heavy atom. The Kier molecular flexibility index (Phi) is 4.86. The zero-order valence-electron chi connectivity index (χ0n) is 12.4. The van der Waals surface area contributed by atoms with Crippen LogP contribution < -0.4 is 0 Å². The Bertz CT molecular complexity index is 360. The van der Waals surface area contributed by atoms with E-state index in [-0.39, 0.29) is 0 Å². The van der Waals surface area contributed by atoms with E-state index in [4.69, 9.17) is 0 Å². The fourth-order valence-corrected chi connectivity index (χ4v) is 3.65. The molecule has 0 atom stereocenters. The molecule has 0 nitrogen and oxygen atoms in total. The van der Waals surface area contributed by atoms with Crippen LogP contribution in [0.4, 0.5) is 0 Å². The van der Waals surface area contributed by atoms with E-state index in [1.54, 1.807) is 22.3 Å². The minimum Gasteiger partial charge on any atom is -0.0654 e. The first-order valence-corrected chi connectivity index (χ1v) is 7.82. The van der Waals surface area contributed by atoms with E-state index >= 15 is 0 Å². The molecule has 0 aromatic heterocycles. The van der Waals surface area contributed by atoms with Gasteiger partial charge < -0.3 is 0 Å². The molecule has 0 aliphatic heterocycles. The quantitative estimate of drug-likeness (QED) is 0.583. The van der Waals surface area contributed by atoms with Crippen molar-refractivity contribution in [2.45, 2.75) is 78.1 Å². The normalized spacial score (nSPS) is 16.4. The molecule has 0 unspecified atom stereocenters. The zero-order chi connectivity index (χ0) is 13.0. The molecule has 100 valence electrons. The van der Waals surface area contributed by atoms with Crippen molar-refractivity contribution in [3.05, 3.63) is 34.4 Å². The summed E-state index contributed by atoms with van der Waals surface area (Å²) in [5.74, 6) is 0.856. The molecule has 2 rings (SSSR count). The molecular weight excluding hydrogens is 216 g/mol. The SMILES string of the molecule is CCCCCc1cc(C)c(C2CCCC2)c(C)c1. The van der Waals surface area contributed by atoms with Crippen LogP contribution in [0.5, 0.6) is 0 Å². The smallest absolute Gasteiger partial charge is 0.0157 e. The summed E-state index contributed by atoms with van der Waals surface area (Å²) < 4.78 is 0. The highest BCUT2D eigenvalue weighted by Gasteiger charge is 2.20. The zero-order valence-corrected chi connectivity index (χ0v) is 12.4. The lowest BCUT2D eigenvalue weighted by atomic mass is 9.87. The molecule has 1 aliphatic rings. The highest BCUT2D eigenvalue weighted by molar-refractivity contribution is 5.40. The largest absolute Gasteiger partial charge is 0.0654 e. The van der Waals surface area contributed by atoms with Gasteiger partial charge in [-0.2, -0.15) is 0 Å². The molecule has 1 aliphatic carbocycles. The number of hydrogen-bond acceptors (Lipinski definition) is 0. The maximum absolute atomic E-state index is 2.45. The monoisotopic (exact) mass is 244 g/mol. The summed E-state index contributed by atoms with van der Waals surface area (Å²) in [6, 6.07) is 4.91. The minimum atomic E-state index is 0.856. The molecule has 1 aromatic rings. The van der Waals surface area contributed by atoms with Gasteiger partial charge in [0.25, 0.3) is 0 Å². The van der Waals surface area contributed by atoms with E-state index in [9.17, 15) is 0 Å². The van der Waals surface area contributed by atoms with Gasteiger partial charge in [-0.1, -0.05) is 44.7 Å². The molecule has 1 aromatic carbocycles. The fraction of sp³-hybridized carbons (Fsp3) is 0.667. The summed E-state index contributed by atoms with van der Waals surface area (Å²) in [6.07, 6.45) is 11.0. The Balaban J connectivity index is 2.12. The lowest BCUT2D eigenvalue weighted by molar-refractivity contribution is 0.703. The third-order valence-corrected chi connectivity index (χ3v) is 4.49. The van der Waals surface area contributed by atoms with E-state index < -0.39 is 0 Å². The van der Waals surface area contributed by atoms with Crippen LogP contribution in [0, 0.1) is 13.8 Å². The molecular formula is C18H28. The second-order valence-electron chi connectivity index (χ2n) is 6.08. The predicted octanol–water partition coefficient (Wildman–Crippen LogP) is 5.69. The van der Waals surface area contributed by atoms with E-state index in [0.29, 0.717) is 0 Å². The third kappa shape index (κ3) is 3.16. The maximum Gasteiger partial charge on any atom is -0.0157 e. The summed E-state index contributed by atoms with van der Waals surface area (Å²) in [5.41, 5.74) is 6.33. The van der Waals surface area contributed by atoms with Gasteiger partial charge in [-0.3, -0.25) is 0 Å². The molecule has 0 bridgehead atoms. The molecule has 0 N–H and O–H groups in total. The Morgan fingerprint density at radius 1 is 1.00 bits per heavy atom. The van der Waals surface area contributed by atoms with Crippen LogP contribution >= 0.6 is 0 Å². The van der Waals surface area contributed by atoms with Gasteiger partial charge in [0.1, 0.15) is 0 Å². The Morgan fingerprint density at radius 3 is 2.17 bits per heavy atom. The third-order valence-electron chi connectivity index (χ3n) is 4.49. The van der Waals surface area contributed by atoms with Gasteiger partial charge in [-0.25, -0.2) is 0 Å². The summed E-state index contributed by atoms with van der Waals surface area (Å²) in [6.45, 7) is 6.92. The van der Waals surface area contributed by atoms with Crippen molar-refractivity contribution in [1.29, 1.82) is 0 Å². The minimum absolute atomic E-state index is 0.856. The van der Waals surface area contributed by atoms with Crippen LogP contribution in [-0.2, 0) is 6.42 Å². The van der Waals surface area contributed by atoms with Gasteiger partial charge in [0.15, 0.2) is 0 Å². The molecule has 0 spiro atoms. The standard InChI is InChI=1S/C18H28/c1-4-5-6-9-16-12-14(2)18(15(3)13-16)17-10-7-8-11-17/h12-13,17H,4-11H2,1-3H3. The van der Waals surface area contributed by atoms with E-state index in [0.717, 1.165) is 5.92 Å². The number of benzene rings is 1. The maximum atomic E-state index is 2.45. The van der Waals surface area contributed by atoms with Crippen LogP contribution in [0.3, 0.4) is 0 Å². The highest BCUT2D eigenvalue weighted by Crippen LogP contribution is 2.37. The average molecular weight is 244 g/mol. The van der Waals surface area contributed by atoms with Gasteiger partial charge in [0, 0.05) is 0 Å². The highest BCUT2D eigenvalue weighted by atomic mass is 14.3. The van der Waals surface area contributed by atoms with Crippen LogP contribution in [0.2, 0.25) is 0 Å². The van der Waals surface area contributed by atoms with Crippen molar-refractivity contribution in [3.8, 4) is 0 Å². The number of unbranched alkanes of at least 4 members (excludes halogenated alkanes) is 2. The lowest BCUT2D eigenvalue weighted by Crippen LogP contribution is -2.01. The predicted molar refractivity (Wildman–Crippen MR) is 80.4 cm³/mol. The number of rotatable bonds is 5. The fourth-order valence-electron chi connectivity index (χ4n) is 3.65. The molecule has 0 radical (unpaired) electrons. The van der Waals surface area contributed by atoms with Crippen molar-refractivity contribution in [1.82, 2.24) is 0 Å². The van der Waals surface area contributed by atoms with Crippen LogP contribution in [0.15, 0.2) is 12.1 Å². The molecule has 0 heteroatoms. The summed E-state index contributed by atoms with van der Waals surface area (Å²) in [4.78, 5) is 0. The van der Waals surface area contributed by atoms with Gasteiger partial charge in [0.2, 0.25) is 0 Å². The molecule has 18 heavy (non-hydrogen) atoms. The second kappa shape index (κ2) is 6.41. The second-order valence-corrected chi connectivity index (χ2v) is 6.08. The lowest BCUT2D eigenvalue weighted by Gasteiger charge is -2.18. The van der Waals surface area contributed by atoms with Crippen LogP contribution in [0.1, 0.15) is 80.0 Å². The summed E-state index contributed by atoms with van der Waals surface area (Å²) >= 11 is 0. The van der Waals surface area contributed by atoms with Gasteiger partial charge in [0.05, 0.1) is 0 Å². The Labute approximate surface area is 113 Å². The van der Waals surface area contributed by atoms with Crippen LogP contribution in [-0.4, -0.2) is 0 Å². The molecule has 0 heterocycles. The first-order valence-electron chi connectivity index (χ1n) is 7.82. The molecule has 1 fully saturated rings. The van der Waals surface area contributed by atoms with E-state index in [2.05, 4.69) is 32.9 Å². The first kappa shape index (κ1) is 13.6. The van der Waals surface area contributed by atoms with Gasteiger partial charge in [-0.15, -0.1) is 0 Å². The Hall–Kier alpha value is -0.780. The van der Waals surface area contributed by atoms with Gasteiger partial charge in [-0.05, 0) is 67.7 Å². The number of aryl methyl sites for hydroxylation is 3. The van der Waals surface area contributed by atoms with E-state index in [1.807, 2.05) is 0 Å². The average Bonchev–Trinajstić information content (AvgIpc) is 2.82.